The highest BCUT2D eigenvalue weighted by molar-refractivity contribution is 7.91. The molecular weight excluding hydrogens is 306 g/mol. The smallest absolute Gasteiger partial charge is 0.210 e. The highest BCUT2D eigenvalue weighted by atomic mass is 35.5. The molecule has 3 nitrogen and oxygen atoms in total. The van der Waals surface area contributed by atoms with E-state index in [0.29, 0.717) is 5.39 Å². The van der Waals surface area contributed by atoms with Crippen molar-refractivity contribution in [3.05, 3.63) is 58.7 Å². The minimum atomic E-state index is -3.65. The van der Waals surface area contributed by atoms with Gasteiger partial charge in [-0.3, -0.25) is 0 Å². The lowest BCUT2D eigenvalue weighted by atomic mass is 10.2. The van der Waals surface area contributed by atoms with E-state index in [-0.39, 0.29) is 14.9 Å². The van der Waals surface area contributed by atoms with Gasteiger partial charge in [0, 0.05) is 10.9 Å². The zero-order valence-electron chi connectivity index (χ0n) is 11.6. The summed E-state index contributed by atoms with van der Waals surface area (Å²) in [6.07, 6.45) is 0. The van der Waals surface area contributed by atoms with Crippen LogP contribution in [0.25, 0.3) is 10.9 Å². The quantitative estimate of drug-likeness (QED) is 0.766. The zero-order chi connectivity index (χ0) is 15.2. The van der Waals surface area contributed by atoms with Crippen molar-refractivity contribution >= 4 is 32.3 Å². The first-order valence-corrected chi connectivity index (χ1v) is 8.35. The largest absolute Gasteiger partial charge is 0.344 e. The van der Waals surface area contributed by atoms with E-state index in [9.17, 15) is 8.42 Å². The first-order valence-electron chi connectivity index (χ1n) is 6.49. The van der Waals surface area contributed by atoms with Gasteiger partial charge in [0.25, 0.3) is 0 Å². The van der Waals surface area contributed by atoms with Crippen LogP contribution in [0.2, 0.25) is 5.15 Å². The number of aryl methyl sites for hydroxylation is 2. The topological polar surface area (TPSA) is 49.9 Å². The van der Waals surface area contributed by atoms with Crippen molar-refractivity contribution in [1.82, 2.24) is 4.98 Å². The van der Waals surface area contributed by atoms with E-state index in [2.05, 4.69) is 4.98 Å². The van der Waals surface area contributed by atoms with E-state index in [4.69, 9.17) is 11.6 Å². The van der Waals surface area contributed by atoms with Crippen molar-refractivity contribution in [2.24, 2.45) is 0 Å². The molecular formula is C16H14ClNO2S. The highest BCUT2D eigenvalue weighted by Crippen LogP contribution is 2.34. The summed E-state index contributed by atoms with van der Waals surface area (Å²) in [7, 11) is -3.65. The second-order valence-electron chi connectivity index (χ2n) is 5.13. The van der Waals surface area contributed by atoms with E-state index in [1.165, 1.54) is 0 Å². The lowest BCUT2D eigenvalue weighted by molar-refractivity contribution is 0.597. The van der Waals surface area contributed by atoms with Gasteiger partial charge in [-0.1, -0.05) is 40.9 Å². The number of rotatable bonds is 2. The molecule has 0 fully saturated rings. The van der Waals surface area contributed by atoms with Crippen LogP contribution in [-0.2, 0) is 9.84 Å². The van der Waals surface area contributed by atoms with Gasteiger partial charge in [-0.05, 0) is 38.1 Å². The Morgan fingerprint density at radius 3 is 2.24 bits per heavy atom. The second-order valence-corrected chi connectivity index (χ2v) is 7.40. The van der Waals surface area contributed by atoms with Gasteiger partial charge in [-0.2, -0.15) is 0 Å². The van der Waals surface area contributed by atoms with Crippen LogP contribution in [0.15, 0.2) is 52.3 Å². The fourth-order valence-corrected chi connectivity index (χ4v) is 4.33. The van der Waals surface area contributed by atoms with Crippen LogP contribution < -0.4 is 0 Å². The summed E-state index contributed by atoms with van der Waals surface area (Å²) >= 11 is 6.15. The number of H-pyrrole nitrogens is 1. The van der Waals surface area contributed by atoms with Crippen LogP contribution in [0.4, 0.5) is 0 Å². The number of nitrogens with one attached hydrogen (secondary N) is 1. The molecule has 0 aliphatic heterocycles. The monoisotopic (exact) mass is 319 g/mol. The van der Waals surface area contributed by atoms with Gasteiger partial charge in [0.1, 0.15) is 10.0 Å². The summed E-state index contributed by atoms with van der Waals surface area (Å²) in [6, 6.07) is 12.4. The molecule has 1 aromatic heterocycles. The van der Waals surface area contributed by atoms with Gasteiger partial charge in [0.05, 0.1) is 4.90 Å². The number of hydrogen-bond donors (Lipinski definition) is 1. The molecule has 21 heavy (non-hydrogen) atoms. The van der Waals surface area contributed by atoms with Crippen molar-refractivity contribution in [2.75, 3.05) is 0 Å². The van der Waals surface area contributed by atoms with Crippen LogP contribution in [-0.4, -0.2) is 13.4 Å². The fourth-order valence-electron chi connectivity index (χ4n) is 2.35. The second kappa shape index (κ2) is 4.90. The van der Waals surface area contributed by atoms with E-state index in [1.807, 2.05) is 32.0 Å². The molecule has 1 heterocycles. The van der Waals surface area contributed by atoms with Crippen LogP contribution in [0.3, 0.4) is 0 Å². The normalized spacial score (nSPS) is 12.0. The Kier molecular flexibility index (Phi) is 3.30. The Labute approximate surface area is 128 Å². The van der Waals surface area contributed by atoms with Gasteiger partial charge in [-0.15, -0.1) is 0 Å². The Bertz CT molecular complexity index is 925. The maximum absolute atomic E-state index is 12.8. The Hall–Kier alpha value is -1.78. The fraction of sp³-hybridized carbons (Fsp3) is 0.125. The molecule has 0 unspecified atom stereocenters. The molecule has 5 heteroatoms. The molecule has 3 rings (SSSR count). The average Bonchev–Trinajstić information content (AvgIpc) is 2.75. The summed E-state index contributed by atoms with van der Waals surface area (Å²) in [4.78, 5) is 3.32. The van der Waals surface area contributed by atoms with Gasteiger partial charge in [0.15, 0.2) is 0 Å². The number of aromatic nitrogens is 1. The molecule has 0 saturated carbocycles. The van der Waals surface area contributed by atoms with Crippen LogP contribution >= 0.6 is 11.6 Å². The van der Waals surface area contributed by atoms with Crippen molar-refractivity contribution in [3.63, 3.8) is 0 Å². The molecule has 0 saturated heterocycles. The van der Waals surface area contributed by atoms with Crippen LogP contribution in [0.5, 0.6) is 0 Å². The number of halogens is 1. The lowest BCUT2D eigenvalue weighted by Crippen LogP contribution is -2.02. The Morgan fingerprint density at radius 1 is 0.952 bits per heavy atom. The van der Waals surface area contributed by atoms with Gasteiger partial charge in [-0.25, -0.2) is 8.42 Å². The summed E-state index contributed by atoms with van der Waals surface area (Å²) in [5, 5.41) is 0.775. The molecule has 0 spiro atoms. The molecule has 0 atom stereocenters. The Balaban J connectivity index is 2.30. The van der Waals surface area contributed by atoms with Gasteiger partial charge < -0.3 is 4.98 Å². The molecule has 2 aromatic carbocycles. The Morgan fingerprint density at radius 2 is 1.57 bits per heavy atom. The molecule has 3 aromatic rings. The standard InChI is InChI=1S/C16H14ClNO2S/c1-10-3-6-12(7-4-10)21(19,20)15-13-9-11(2)5-8-14(13)18-16(15)17/h3-9,18H,1-2H3. The first-order chi connectivity index (χ1) is 9.89. The summed E-state index contributed by atoms with van der Waals surface area (Å²) in [6.45, 7) is 3.83. The van der Waals surface area contributed by atoms with Crippen LogP contribution in [0, 0.1) is 13.8 Å². The summed E-state index contributed by atoms with van der Waals surface area (Å²) < 4.78 is 25.7. The maximum Gasteiger partial charge on any atom is 0.210 e. The molecule has 0 amide bonds. The van der Waals surface area contributed by atoms with E-state index in [1.54, 1.807) is 24.3 Å². The number of hydrogen-bond acceptors (Lipinski definition) is 2. The number of aromatic amines is 1. The molecule has 1 N–H and O–H groups in total. The van der Waals surface area contributed by atoms with Crippen molar-refractivity contribution in [2.45, 2.75) is 23.6 Å². The third kappa shape index (κ3) is 2.34. The molecule has 0 aliphatic rings. The van der Waals surface area contributed by atoms with Crippen molar-refractivity contribution in [3.8, 4) is 0 Å². The van der Waals surface area contributed by atoms with E-state index >= 15 is 0 Å². The number of sulfone groups is 1. The van der Waals surface area contributed by atoms with E-state index < -0.39 is 9.84 Å². The average molecular weight is 320 g/mol. The number of fused-ring (bicyclic) bond motifs is 1. The van der Waals surface area contributed by atoms with E-state index in [0.717, 1.165) is 16.6 Å². The highest BCUT2D eigenvalue weighted by Gasteiger charge is 2.25. The third-order valence-electron chi connectivity index (χ3n) is 3.46. The SMILES string of the molecule is Cc1ccc(S(=O)(=O)c2c(Cl)[nH]c3ccc(C)cc23)cc1. The maximum atomic E-state index is 12.8. The number of benzene rings is 2. The predicted octanol–water partition coefficient (Wildman–Crippen LogP) is 4.27. The zero-order valence-corrected chi connectivity index (χ0v) is 13.2. The molecule has 0 radical (unpaired) electrons. The first kappa shape index (κ1) is 14.2. The van der Waals surface area contributed by atoms with Crippen LogP contribution in [0.1, 0.15) is 11.1 Å². The molecule has 108 valence electrons. The van der Waals surface area contributed by atoms with Gasteiger partial charge >= 0.3 is 0 Å². The predicted molar refractivity (Wildman–Crippen MR) is 84.7 cm³/mol. The minimum Gasteiger partial charge on any atom is -0.344 e. The summed E-state index contributed by atoms with van der Waals surface area (Å²) in [5.74, 6) is 0. The minimum absolute atomic E-state index is 0.145. The van der Waals surface area contributed by atoms with Crippen molar-refractivity contribution in [1.29, 1.82) is 0 Å². The lowest BCUT2D eigenvalue weighted by Gasteiger charge is -2.05. The van der Waals surface area contributed by atoms with Gasteiger partial charge in [0.2, 0.25) is 9.84 Å². The third-order valence-corrected chi connectivity index (χ3v) is 5.71. The molecule has 0 aliphatic carbocycles. The molecule has 0 bridgehead atoms. The summed E-state index contributed by atoms with van der Waals surface area (Å²) in [5.41, 5.74) is 2.71. The van der Waals surface area contributed by atoms with Crippen molar-refractivity contribution < 1.29 is 8.42 Å².